The van der Waals surface area contributed by atoms with Gasteiger partial charge >= 0.3 is 0 Å². The van der Waals surface area contributed by atoms with Crippen molar-refractivity contribution in [3.63, 3.8) is 0 Å². The first-order valence-electron chi connectivity index (χ1n) is 5.36. The maximum atomic E-state index is 11.6. The van der Waals surface area contributed by atoms with Gasteiger partial charge in [-0.2, -0.15) is 0 Å². The summed E-state index contributed by atoms with van der Waals surface area (Å²) in [6, 6.07) is -0.353. The predicted octanol–water partition coefficient (Wildman–Crippen LogP) is 1.23. The molecule has 0 aromatic heterocycles. The normalized spacial score (nSPS) is 25.2. The van der Waals surface area contributed by atoms with Gasteiger partial charge in [0.1, 0.15) is 0 Å². The van der Waals surface area contributed by atoms with Crippen LogP contribution in [0, 0.1) is 11.3 Å². The van der Waals surface area contributed by atoms with Gasteiger partial charge in [-0.25, -0.2) is 0 Å². The topological polar surface area (TPSA) is 46.3 Å². The third kappa shape index (κ3) is 2.47. The second kappa shape index (κ2) is 3.89. The molecular formula is C11H22N2O. The Morgan fingerprint density at radius 3 is 2.43 bits per heavy atom. The van der Waals surface area contributed by atoms with Gasteiger partial charge in [0.2, 0.25) is 5.91 Å². The third-order valence-corrected chi connectivity index (χ3v) is 3.11. The monoisotopic (exact) mass is 198 g/mol. The number of nitrogens with two attached hydrogens (primary N) is 1. The molecule has 1 rings (SSSR count). The van der Waals surface area contributed by atoms with Crippen molar-refractivity contribution < 1.29 is 4.79 Å². The molecule has 0 aliphatic carbocycles. The molecule has 1 amide bonds. The van der Waals surface area contributed by atoms with Crippen molar-refractivity contribution in [3.05, 3.63) is 0 Å². The zero-order chi connectivity index (χ0) is 10.9. The molecule has 2 atom stereocenters. The molecule has 1 fully saturated rings. The molecule has 0 bridgehead atoms. The molecule has 1 aliphatic rings. The van der Waals surface area contributed by atoms with E-state index in [0.29, 0.717) is 11.3 Å². The Morgan fingerprint density at radius 1 is 1.50 bits per heavy atom. The summed E-state index contributed by atoms with van der Waals surface area (Å²) in [7, 11) is 0. The van der Waals surface area contributed by atoms with Gasteiger partial charge < -0.3 is 10.6 Å². The SMILES string of the molecule is C[C@@H](N)C(=O)N1CCC(C(C)(C)C)C1. The minimum Gasteiger partial charge on any atom is -0.341 e. The van der Waals surface area contributed by atoms with Crippen LogP contribution in [0.5, 0.6) is 0 Å². The second-order valence-electron chi connectivity index (χ2n) is 5.42. The molecule has 3 nitrogen and oxygen atoms in total. The molecule has 1 saturated heterocycles. The van der Waals surface area contributed by atoms with Gasteiger partial charge in [0, 0.05) is 13.1 Å². The lowest BCUT2D eigenvalue weighted by molar-refractivity contribution is -0.131. The highest BCUT2D eigenvalue weighted by Crippen LogP contribution is 2.33. The van der Waals surface area contributed by atoms with E-state index in [2.05, 4.69) is 20.8 Å². The molecular weight excluding hydrogens is 176 g/mol. The standard InChI is InChI=1S/C11H22N2O/c1-8(12)10(14)13-6-5-9(7-13)11(2,3)4/h8-9H,5-7,12H2,1-4H3/t8-,9?/m1/s1. The lowest BCUT2D eigenvalue weighted by Crippen LogP contribution is -2.41. The molecule has 0 aromatic carbocycles. The van der Waals surface area contributed by atoms with Crippen LogP contribution < -0.4 is 5.73 Å². The number of nitrogens with zero attached hydrogens (tertiary/aromatic N) is 1. The Balaban J connectivity index is 2.54. The van der Waals surface area contributed by atoms with E-state index < -0.39 is 0 Å². The van der Waals surface area contributed by atoms with E-state index in [-0.39, 0.29) is 11.9 Å². The first-order chi connectivity index (χ1) is 6.32. The van der Waals surface area contributed by atoms with Crippen LogP contribution >= 0.6 is 0 Å². The molecule has 1 aliphatic heterocycles. The Morgan fingerprint density at radius 2 is 2.07 bits per heavy atom. The van der Waals surface area contributed by atoms with Gasteiger partial charge in [0.25, 0.3) is 0 Å². The van der Waals surface area contributed by atoms with Crippen molar-refractivity contribution in [2.75, 3.05) is 13.1 Å². The van der Waals surface area contributed by atoms with Crippen molar-refractivity contribution in [2.45, 2.75) is 40.2 Å². The van der Waals surface area contributed by atoms with Crippen molar-refractivity contribution in [1.29, 1.82) is 0 Å². The average molecular weight is 198 g/mol. The average Bonchev–Trinajstić information content (AvgIpc) is 2.49. The van der Waals surface area contributed by atoms with Crippen molar-refractivity contribution in [2.24, 2.45) is 17.1 Å². The number of hydrogen-bond donors (Lipinski definition) is 1. The number of carbonyl (C=O) groups is 1. The molecule has 1 unspecified atom stereocenters. The summed E-state index contributed by atoms with van der Waals surface area (Å²) in [5.41, 5.74) is 5.88. The zero-order valence-electron chi connectivity index (χ0n) is 9.71. The minimum atomic E-state index is -0.353. The first kappa shape index (κ1) is 11.5. The van der Waals surface area contributed by atoms with Crippen LogP contribution in [0.4, 0.5) is 0 Å². The lowest BCUT2D eigenvalue weighted by atomic mass is 9.80. The molecule has 0 saturated carbocycles. The minimum absolute atomic E-state index is 0.0942. The summed E-state index contributed by atoms with van der Waals surface area (Å²) in [4.78, 5) is 13.5. The van der Waals surface area contributed by atoms with E-state index in [1.807, 2.05) is 4.90 Å². The van der Waals surface area contributed by atoms with E-state index >= 15 is 0 Å². The smallest absolute Gasteiger partial charge is 0.239 e. The lowest BCUT2D eigenvalue weighted by Gasteiger charge is -2.27. The Kier molecular flexibility index (Phi) is 3.20. The number of likely N-dealkylation sites (tertiary alicyclic amines) is 1. The molecule has 0 aromatic rings. The third-order valence-electron chi connectivity index (χ3n) is 3.11. The largest absolute Gasteiger partial charge is 0.341 e. The fraction of sp³-hybridized carbons (Fsp3) is 0.909. The molecule has 2 N–H and O–H groups in total. The quantitative estimate of drug-likeness (QED) is 0.689. The van der Waals surface area contributed by atoms with E-state index in [9.17, 15) is 4.79 Å². The molecule has 0 radical (unpaired) electrons. The van der Waals surface area contributed by atoms with Gasteiger partial charge in [-0.3, -0.25) is 4.79 Å². The predicted molar refractivity (Wildman–Crippen MR) is 57.8 cm³/mol. The highest BCUT2D eigenvalue weighted by Gasteiger charge is 2.34. The number of carbonyl (C=O) groups excluding carboxylic acids is 1. The van der Waals surface area contributed by atoms with Gasteiger partial charge in [-0.1, -0.05) is 20.8 Å². The van der Waals surface area contributed by atoms with Crippen LogP contribution in [0.2, 0.25) is 0 Å². The molecule has 3 heteroatoms. The van der Waals surface area contributed by atoms with Gasteiger partial charge in [-0.05, 0) is 24.7 Å². The van der Waals surface area contributed by atoms with E-state index in [4.69, 9.17) is 5.73 Å². The summed E-state index contributed by atoms with van der Waals surface area (Å²) in [5, 5.41) is 0. The van der Waals surface area contributed by atoms with E-state index in [1.54, 1.807) is 6.92 Å². The summed E-state index contributed by atoms with van der Waals surface area (Å²) < 4.78 is 0. The summed E-state index contributed by atoms with van der Waals surface area (Å²) in [5.74, 6) is 0.710. The van der Waals surface area contributed by atoms with Crippen molar-refractivity contribution in [3.8, 4) is 0 Å². The highest BCUT2D eigenvalue weighted by atomic mass is 16.2. The molecule has 0 spiro atoms. The fourth-order valence-electron chi connectivity index (χ4n) is 1.96. The van der Waals surface area contributed by atoms with Crippen molar-refractivity contribution in [1.82, 2.24) is 4.90 Å². The Labute approximate surface area is 86.6 Å². The maximum Gasteiger partial charge on any atom is 0.239 e. The number of amides is 1. The van der Waals surface area contributed by atoms with Gasteiger partial charge in [-0.15, -0.1) is 0 Å². The summed E-state index contributed by atoms with van der Waals surface area (Å²) in [6.07, 6.45) is 1.11. The van der Waals surface area contributed by atoms with Crippen LogP contribution in [0.25, 0.3) is 0 Å². The molecule has 82 valence electrons. The van der Waals surface area contributed by atoms with Crippen LogP contribution in [0.1, 0.15) is 34.1 Å². The zero-order valence-corrected chi connectivity index (χ0v) is 9.71. The van der Waals surface area contributed by atoms with Gasteiger partial charge in [0.05, 0.1) is 6.04 Å². The second-order valence-corrected chi connectivity index (χ2v) is 5.42. The number of hydrogen-bond acceptors (Lipinski definition) is 2. The van der Waals surface area contributed by atoms with E-state index in [0.717, 1.165) is 19.5 Å². The molecule has 1 heterocycles. The maximum absolute atomic E-state index is 11.6. The van der Waals surface area contributed by atoms with Crippen LogP contribution in [-0.4, -0.2) is 29.9 Å². The number of rotatable bonds is 1. The summed E-state index contributed by atoms with van der Waals surface area (Å²) in [6.45, 7) is 10.2. The van der Waals surface area contributed by atoms with Gasteiger partial charge in [0.15, 0.2) is 0 Å². The van der Waals surface area contributed by atoms with Crippen molar-refractivity contribution >= 4 is 5.91 Å². The van der Waals surface area contributed by atoms with Crippen LogP contribution in [-0.2, 0) is 4.79 Å². The highest BCUT2D eigenvalue weighted by molar-refractivity contribution is 5.81. The molecule has 14 heavy (non-hydrogen) atoms. The Hall–Kier alpha value is -0.570. The van der Waals surface area contributed by atoms with Crippen LogP contribution in [0.15, 0.2) is 0 Å². The summed E-state index contributed by atoms with van der Waals surface area (Å²) >= 11 is 0. The Bertz CT molecular complexity index is 218. The van der Waals surface area contributed by atoms with E-state index in [1.165, 1.54) is 0 Å². The van der Waals surface area contributed by atoms with Crippen LogP contribution in [0.3, 0.4) is 0 Å². The fourth-order valence-corrected chi connectivity index (χ4v) is 1.96. The first-order valence-corrected chi connectivity index (χ1v) is 5.36.